The summed E-state index contributed by atoms with van der Waals surface area (Å²) < 4.78 is 25.2. The van der Waals surface area contributed by atoms with E-state index in [1.54, 1.807) is 24.3 Å². The molecule has 3 heterocycles. The summed E-state index contributed by atoms with van der Waals surface area (Å²) in [5.41, 5.74) is 1.71. The third-order valence-corrected chi connectivity index (χ3v) is 7.11. The number of amides is 1. The van der Waals surface area contributed by atoms with Crippen molar-refractivity contribution < 1.29 is 18.7 Å². The maximum Gasteiger partial charge on any atom is 0.248 e. The molecule has 2 aliphatic heterocycles. The Bertz CT molecular complexity index is 1330. The molecule has 3 aromatic rings. The van der Waals surface area contributed by atoms with E-state index >= 15 is 0 Å². The van der Waals surface area contributed by atoms with Gasteiger partial charge in [0.2, 0.25) is 5.91 Å². The van der Waals surface area contributed by atoms with Crippen molar-refractivity contribution in [1.29, 1.82) is 0 Å². The van der Waals surface area contributed by atoms with Gasteiger partial charge in [-0.3, -0.25) is 9.69 Å². The average Bonchev–Trinajstić information content (AvgIpc) is 3.57. The molecular weight excluding hydrogens is 509 g/mol. The predicted molar refractivity (Wildman–Crippen MR) is 147 cm³/mol. The van der Waals surface area contributed by atoms with Crippen LogP contribution in [0.25, 0.3) is 10.9 Å². The molecule has 2 atom stereocenters. The third kappa shape index (κ3) is 6.59. The Labute approximate surface area is 226 Å². The first-order valence-electron chi connectivity index (χ1n) is 12.9. The standard InChI is InChI=1S/C28H31ClFN5O3/c1-18-6-9-35(14-18)8-2-3-27(36)34-25-12-21-24(13-26(25)38-16-19-7-10-37-15-19)31-17-32-28(21)33-20-4-5-23(30)22(29)11-20/h2-5,11-13,17-19H,6-10,14-16H2,1H3,(H,34,36)(H,31,32,33)/b3-2+. The van der Waals surface area contributed by atoms with Gasteiger partial charge in [-0.15, -0.1) is 0 Å². The Morgan fingerprint density at radius 2 is 2.18 bits per heavy atom. The second-order valence-corrected chi connectivity index (χ2v) is 10.3. The monoisotopic (exact) mass is 539 g/mol. The summed E-state index contributed by atoms with van der Waals surface area (Å²) in [5.74, 6) is 1.24. The van der Waals surface area contributed by atoms with Crippen LogP contribution in [-0.2, 0) is 9.53 Å². The van der Waals surface area contributed by atoms with Crippen LogP contribution in [0.3, 0.4) is 0 Å². The molecule has 0 spiro atoms. The second-order valence-electron chi connectivity index (χ2n) is 9.93. The van der Waals surface area contributed by atoms with Gasteiger partial charge in [0.05, 0.1) is 29.4 Å². The van der Waals surface area contributed by atoms with E-state index in [0.29, 0.717) is 58.9 Å². The summed E-state index contributed by atoms with van der Waals surface area (Å²) in [7, 11) is 0. The van der Waals surface area contributed by atoms with Crippen LogP contribution in [0.1, 0.15) is 19.8 Å². The van der Waals surface area contributed by atoms with Gasteiger partial charge >= 0.3 is 0 Å². The van der Waals surface area contributed by atoms with Crippen LogP contribution < -0.4 is 15.4 Å². The van der Waals surface area contributed by atoms with Gasteiger partial charge in [0, 0.05) is 48.8 Å². The molecular formula is C28H31ClFN5O3. The topological polar surface area (TPSA) is 88.6 Å². The molecule has 0 aliphatic carbocycles. The van der Waals surface area contributed by atoms with Crippen molar-refractivity contribution in [2.24, 2.45) is 11.8 Å². The highest BCUT2D eigenvalue weighted by Gasteiger charge is 2.19. The summed E-state index contributed by atoms with van der Waals surface area (Å²) in [6, 6.07) is 7.93. The smallest absolute Gasteiger partial charge is 0.248 e. The Kier molecular flexibility index (Phi) is 8.36. The number of anilines is 3. The van der Waals surface area contributed by atoms with Crippen molar-refractivity contribution in [3.05, 3.63) is 59.7 Å². The minimum atomic E-state index is -0.503. The van der Waals surface area contributed by atoms with Gasteiger partial charge in [-0.25, -0.2) is 14.4 Å². The fraction of sp³-hybridized carbons (Fsp3) is 0.393. The molecule has 38 heavy (non-hydrogen) atoms. The van der Waals surface area contributed by atoms with E-state index in [1.165, 1.54) is 24.9 Å². The summed E-state index contributed by atoms with van der Waals surface area (Å²) >= 11 is 5.95. The molecule has 2 unspecified atom stereocenters. The fourth-order valence-corrected chi connectivity index (χ4v) is 4.89. The van der Waals surface area contributed by atoms with Gasteiger partial charge < -0.3 is 20.1 Å². The summed E-state index contributed by atoms with van der Waals surface area (Å²) in [6.45, 7) is 6.94. The number of rotatable bonds is 9. The van der Waals surface area contributed by atoms with Crippen LogP contribution in [0.4, 0.5) is 21.6 Å². The molecule has 2 N–H and O–H groups in total. The third-order valence-electron chi connectivity index (χ3n) is 6.82. The Hall–Kier alpha value is -3.27. The van der Waals surface area contributed by atoms with Crippen molar-refractivity contribution in [2.45, 2.75) is 19.8 Å². The number of halogens is 2. The van der Waals surface area contributed by atoms with Gasteiger partial charge in [0.25, 0.3) is 0 Å². The highest BCUT2D eigenvalue weighted by atomic mass is 35.5. The average molecular weight is 540 g/mol. The maximum atomic E-state index is 13.6. The summed E-state index contributed by atoms with van der Waals surface area (Å²) in [5, 5.41) is 6.80. The zero-order valence-corrected chi connectivity index (χ0v) is 22.0. The molecule has 0 radical (unpaired) electrons. The number of fused-ring (bicyclic) bond motifs is 1. The summed E-state index contributed by atoms with van der Waals surface area (Å²) in [4.78, 5) is 24.0. The van der Waals surface area contributed by atoms with Crippen molar-refractivity contribution in [2.75, 3.05) is 50.1 Å². The van der Waals surface area contributed by atoms with E-state index in [2.05, 4.69) is 32.4 Å². The van der Waals surface area contributed by atoms with E-state index in [0.717, 1.165) is 32.7 Å². The minimum Gasteiger partial charge on any atom is -0.491 e. The normalized spacial score (nSPS) is 19.9. The number of hydrogen-bond donors (Lipinski definition) is 2. The number of carbonyl (C=O) groups is 1. The molecule has 2 fully saturated rings. The minimum absolute atomic E-state index is 0.00284. The molecule has 200 valence electrons. The van der Waals surface area contributed by atoms with Crippen LogP contribution in [0.15, 0.2) is 48.8 Å². The molecule has 0 bridgehead atoms. The molecule has 5 rings (SSSR count). The maximum absolute atomic E-state index is 13.6. The van der Waals surface area contributed by atoms with E-state index in [1.807, 2.05) is 6.08 Å². The highest BCUT2D eigenvalue weighted by Crippen LogP contribution is 2.34. The van der Waals surface area contributed by atoms with Crippen LogP contribution in [0, 0.1) is 17.7 Å². The number of benzene rings is 2. The molecule has 0 saturated carbocycles. The van der Waals surface area contributed by atoms with Gasteiger partial charge in [0.1, 0.15) is 23.7 Å². The van der Waals surface area contributed by atoms with Gasteiger partial charge in [-0.1, -0.05) is 24.6 Å². The SMILES string of the molecule is CC1CCN(C/C=C/C(=O)Nc2cc3c(Nc4ccc(F)c(Cl)c4)ncnc3cc2OCC2CCOC2)C1. The molecule has 8 nitrogen and oxygen atoms in total. The quantitative estimate of drug-likeness (QED) is 0.351. The van der Waals surface area contributed by atoms with Crippen LogP contribution in [0.2, 0.25) is 5.02 Å². The zero-order valence-electron chi connectivity index (χ0n) is 21.3. The molecule has 2 aromatic carbocycles. The largest absolute Gasteiger partial charge is 0.491 e. The van der Waals surface area contributed by atoms with E-state index in [4.69, 9.17) is 21.1 Å². The molecule has 2 aliphatic rings. The van der Waals surface area contributed by atoms with Crippen molar-refractivity contribution in [1.82, 2.24) is 14.9 Å². The lowest BCUT2D eigenvalue weighted by Gasteiger charge is -2.16. The number of hydrogen-bond acceptors (Lipinski definition) is 7. The van der Waals surface area contributed by atoms with Gasteiger partial charge in [0.15, 0.2) is 0 Å². The van der Waals surface area contributed by atoms with E-state index in [-0.39, 0.29) is 10.9 Å². The lowest BCUT2D eigenvalue weighted by molar-refractivity contribution is -0.111. The molecule has 1 amide bonds. The first-order valence-corrected chi connectivity index (χ1v) is 13.2. The number of nitrogens with one attached hydrogen (secondary N) is 2. The lowest BCUT2D eigenvalue weighted by Crippen LogP contribution is -2.20. The number of carbonyl (C=O) groups excluding carboxylic acids is 1. The van der Waals surface area contributed by atoms with Crippen molar-refractivity contribution in [3.63, 3.8) is 0 Å². The Morgan fingerprint density at radius 3 is 2.95 bits per heavy atom. The Balaban J connectivity index is 1.39. The van der Waals surface area contributed by atoms with Gasteiger partial charge in [-0.2, -0.15) is 0 Å². The first-order chi connectivity index (χ1) is 18.4. The second kappa shape index (κ2) is 12.1. The van der Waals surface area contributed by atoms with Crippen LogP contribution in [-0.4, -0.2) is 60.2 Å². The highest BCUT2D eigenvalue weighted by molar-refractivity contribution is 6.31. The number of nitrogens with zero attached hydrogens (tertiary/aromatic N) is 3. The number of likely N-dealkylation sites (tertiary alicyclic amines) is 1. The Morgan fingerprint density at radius 1 is 1.29 bits per heavy atom. The van der Waals surface area contributed by atoms with Crippen molar-refractivity contribution >= 4 is 45.6 Å². The number of aromatic nitrogens is 2. The molecule has 10 heteroatoms. The van der Waals surface area contributed by atoms with E-state index < -0.39 is 5.82 Å². The lowest BCUT2D eigenvalue weighted by atomic mass is 10.1. The fourth-order valence-electron chi connectivity index (χ4n) is 4.71. The molecule has 1 aromatic heterocycles. The zero-order chi connectivity index (χ0) is 26.5. The summed E-state index contributed by atoms with van der Waals surface area (Å²) in [6.07, 6.45) is 7.00. The van der Waals surface area contributed by atoms with Crippen LogP contribution >= 0.6 is 11.6 Å². The number of ether oxygens (including phenoxy) is 2. The predicted octanol–water partition coefficient (Wildman–Crippen LogP) is 5.42. The van der Waals surface area contributed by atoms with Crippen molar-refractivity contribution in [3.8, 4) is 5.75 Å². The molecule has 2 saturated heterocycles. The first kappa shape index (κ1) is 26.3. The van der Waals surface area contributed by atoms with E-state index in [9.17, 15) is 9.18 Å². The van der Waals surface area contributed by atoms with Gasteiger partial charge in [-0.05, 0) is 49.6 Å². The van der Waals surface area contributed by atoms with Crippen LogP contribution in [0.5, 0.6) is 5.75 Å².